The summed E-state index contributed by atoms with van der Waals surface area (Å²) in [4.78, 5) is 20.1. The minimum absolute atomic E-state index is 0.263. The molecule has 3 rings (SSSR count). The maximum atomic E-state index is 11.1. The number of aryl methyl sites for hydroxylation is 2. The van der Waals surface area contributed by atoms with E-state index in [1.165, 1.54) is 0 Å². The second kappa shape index (κ2) is 5.29. The fraction of sp³-hybridized carbons (Fsp3) is 0.267. The number of benzene rings is 1. The van der Waals surface area contributed by atoms with E-state index in [1.807, 2.05) is 25.3 Å². The van der Waals surface area contributed by atoms with Crippen molar-refractivity contribution in [1.29, 1.82) is 0 Å². The summed E-state index contributed by atoms with van der Waals surface area (Å²) in [6.45, 7) is 4.69. The van der Waals surface area contributed by atoms with E-state index >= 15 is 0 Å². The highest BCUT2D eigenvalue weighted by atomic mass is 32.1. The Morgan fingerprint density at radius 1 is 1.38 bits per heavy atom. The zero-order valence-electron chi connectivity index (χ0n) is 11.8. The van der Waals surface area contributed by atoms with E-state index < -0.39 is 5.97 Å². The Kier molecular flexibility index (Phi) is 3.47. The molecule has 0 unspecified atom stereocenters. The number of aromatic nitrogens is 3. The monoisotopic (exact) mass is 301 g/mol. The maximum Gasteiger partial charge on any atom is 0.335 e. The zero-order valence-corrected chi connectivity index (χ0v) is 12.6. The van der Waals surface area contributed by atoms with Crippen LogP contribution in [0, 0.1) is 6.92 Å². The van der Waals surface area contributed by atoms with Gasteiger partial charge in [-0.05, 0) is 25.1 Å². The molecule has 0 atom stereocenters. The Morgan fingerprint density at radius 2 is 2.19 bits per heavy atom. The summed E-state index contributed by atoms with van der Waals surface area (Å²) < 4.78 is 2.11. The largest absolute Gasteiger partial charge is 0.478 e. The highest BCUT2D eigenvalue weighted by Gasteiger charge is 2.13. The molecule has 5 nitrogen and oxygen atoms in total. The molecule has 0 radical (unpaired) electrons. The van der Waals surface area contributed by atoms with Crippen molar-refractivity contribution in [2.24, 2.45) is 0 Å². The summed E-state index contributed by atoms with van der Waals surface area (Å²) >= 11 is 1.63. The Hall–Kier alpha value is -2.21. The summed E-state index contributed by atoms with van der Waals surface area (Å²) in [5.74, 6) is 0.0119. The van der Waals surface area contributed by atoms with Crippen molar-refractivity contribution in [1.82, 2.24) is 14.5 Å². The highest BCUT2D eigenvalue weighted by molar-refractivity contribution is 7.09. The Morgan fingerprint density at radius 3 is 2.81 bits per heavy atom. The first kappa shape index (κ1) is 13.8. The van der Waals surface area contributed by atoms with Gasteiger partial charge in [0.25, 0.3) is 0 Å². The molecule has 0 aliphatic heterocycles. The van der Waals surface area contributed by atoms with Gasteiger partial charge in [0, 0.05) is 11.8 Å². The van der Waals surface area contributed by atoms with E-state index in [-0.39, 0.29) is 5.56 Å². The molecule has 1 aromatic carbocycles. The van der Waals surface area contributed by atoms with Crippen molar-refractivity contribution >= 4 is 28.3 Å². The second-order valence-electron chi connectivity index (χ2n) is 4.83. The fourth-order valence-electron chi connectivity index (χ4n) is 2.40. The lowest BCUT2D eigenvalue weighted by atomic mass is 10.2. The number of hydrogen-bond donors (Lipinski definition) is 1. The minimum atomic E-state index is -0.931. The average molecular weight is 301 g/mol. The lowest BCUT2D eigenvalue weighted by Crippen LogP contribution is -2.04. The molecule has 2 heterocycles. The first-order valence-corrected chi connectivity index (χ1v) is 7.60. The Labute approximate surface area is 125 Å². The number of hydrogen-bond acceptors (Lipinski definition) is 4. The third kappa shape index (κ3) is 2.54. The third-order valence-electron chi connectivity index (χ3n) is 3.38. The van der Waals surface area contributed by atoms with E-state index in [2.05, 4.69) is 14.5 Å². The molecular formula is C15H15N3O2S. The molecular weight excluding hydrogens is 286 g/mol. The first-order chi connectivity index (χ1) is 10.1. The molecule has 0 aliphatic carbocycles. The molecule has 3 aromatic rings. The number of nitrogens with zero attached hydrogens (tertiary/aromatic N) is 3. The molecule has 0 fully saturated rings. The standard InChI is InChI=1S/C15H15N3O2S/c1-3-14-17-12-6-10(15(19)20)4-5-13(12)18(14)7-11-8-21-9(2)16-11/h4-6,8H,3,7H2,1-2H3,(H,19,20). The highest BCUT2D eigenvalue weighted by Crippen LogP contribution is 2.21. The van der Waals surface area contributed by atoms with Gasteiger partial charge in [0.05, 0.1) is 33.8 Å². The van der Waals surface area contributed by atoms with E-state index in [9.17, 15) is 4.79 Å². The van der Waals surface area contributed by atoms with Crippen LogP contribution in [-0.4, -0.2) is 25.6 Å². The summed E-state index contributed by atoms with van der Waals surface area (Å²) in [6.07, 6.45) is 0.792. The summed E-state index contributed by atoms with van der Waals surface area (Å²) in [5, 5.41) is 12.2. The van der Waals surface area contributed by atoms with E-state index in [0.717, 1.165) is 34.0 Å². The molecule has 0 aliphatic rings. The van der Waals surface area contributed by atoms with E-state index in [1.54, 1.807) is 23.5 Å². The van der Waals surface area contributed by atoms with Gasteiger partial charge in [0.1, 0.15) is 5.82 Å². The normalized spacial score (nSPS) is 11.1. The Bertz CT molecular complexity index is 820. The third-order valence-corrected chi connectivity index (χ3v) is 4.20. The number of carbonyl (C=O) groups is 1. The van der Waals surface area contributed by atoms with Gasteiger partial charge in [-0.15, -0.1) is 11.3 Å². The minimum Gasteiger partial charge on any atom is -0.478 e. The van der Waals surface area contributed by atoms with Gasteiger partial charge >= 0.3 is 5.97 Å². The maximum absolute atomic E-state index is 11.1. The number of imidazole rings is 1. The molecule has 0 spiro atoms. The van der Waals surface area contributed by atoms with Crippen LogP contribution in [0.3, 0.4) is 0 Å². The molecule has 2 aromatic heterocycles. The zero-order chi connectivity index (χ0) is 15.0. The smallest absolute Gasteiger partial charge is 0.335 e. The van der Waals surface area contributed by atoms with Crippen molar-refractivity contribution in [3.8, 4) is 0 Å². The summed E-state index contributed by atoms with van der Waals surface area (Å²) in [7, 11) is 0. The molecule has 21 heavy (non-hydrogen) atoms. The molecule has 108 valence electrons. The number of rotatable bonds is 4. The lowest BCUT2D eigenvalue weighted by Gasteiger charge is -2.06. The predicted octanol–water partition coefficient (Wildman–Crippen LogP) is 3.11. The van der Waals surface area contributed by atoms with Gasteiger partial charge in [-0.1, -0.05) is 6.92 Å². The van der Waals surface area contributed by atoms with Gasteiger partial charge < -0.3 is 9.67 Å². The first-order valence-electron chi connectivity index (χ1n) is 6.72. The Balaban J connectivity index is 2.09. The fourth-order valence-corrected chi connectivity index (χ4v) is 3.01. The van der Waals surface area contributed by atoms with Crippen molar-refractivity contribution in [3.05, 3.63) is 45.7 Å². The van der Waals surface area contributed by atoms with Crippen LogP contribution in [0.15, 0.2) is 23.6 Å². The number of carboxylic acids is 1. The van der Waals surface area contributed by atoms with Crippen LogP contribution < -0.4 is 0 Å². The molecule has 0 saturated carbocycles. The predicted molar refractivity (Wildman–Crippen MR) is 82.0 cm³/mol. The van der Waals surface area contributed by atoms with Gasteiger partial charge in [-0.25, -0.2) is 14.8 Å². The molecule has 1 N–H and O–H groups in total. The molecule has 0 saturated heterocycles. The van der Waals surface area contributed by atoms with E-state index in [4.69, 9.17) is 5.11 Å². The summed E-state index contributed by atoms with van der Waals surface area (Å²) in [5.41, 5.74) is 2.94. The topological polar surface area (TPSA) is 68.0 Å². The van der Waals surface area contributed by atoms with E-state index in [0.29, 0.717) is 6.54 Å². The van der Waals surface area contributed by atoms with Crippen LogP contribution in [0.5, 0.6) is 0 Å². The van der Waals surface area contributed by atoms with Gasteiger partial charge in [0.15, 0.2) is 0 Å². The average Bonchev–Trinajstić information content (AvgIpc) is 3.02. The molecule has 0 bridgehead atoms. The molecule has 6 heteroatoms. The van der Waals surface area contributed by atoms with Gasteiger partial charge in [-0.3, -0.25) is 0 Å². The van der Waals surface area contributed by atoms with Gasteiger partial charge in [0.2, 0.25) is 0 Å². The van der Waals surface area contributed by atoms with Crippen molar-refractivity contribution in [2.45, 2.75) is 26.8 Å². The van der Waals surface area contributed by atoms with Crippen LogP contribution >= 0.6 is 11.3 Å². The second-order valence-corrected chi connectivity index (χ2v) is 5.90. The quantitative estimate of drug-likeness (QED) is 0.804. The van der Waals surface area contributed by atoms with Crippen LogP contribution in [0.2, 0.25) is 0 Å². The SMILES string of the molecule is CCc1nc2cc(C(=O)O)ccc2n1Cc1csc(C)n1. The van der Waals surface area contributed by atoms with Crippen molar-refractivity contribution < 1.29 is 9.90 Å². The number of thiazole rings is 1. The van der Waals surface area contributed by atoms with Crippen LogP contribution in [0.25, 0.3) is 11.0 Å². The van der Waals surface area contributed by atoms with Crippen LogP contribution in [-0.2, 0) is 13.0 Å². The van der Waals surface area contributed by atoms with Crippen molar-refractivity contribution in [2.75, 3.05) is 0 Å². The van der Waals surface area contributed by atoms with Crippen LogP contribution in [0.1, 0.15) is 33.8 Å². The number of fused-ring (bicyclic) bond motifs is 1. The number of carboxylic acid groups (broad SMARTS) is 1. The van der Waals surface area contributed by atoms with Gasteiger partial charge in [-0.2, -0.15) is 0 Å². The lowest BCUT2D eigenvalue weighted by molar-refractivity contribution is 0.0697. The van der Waals surface area contributed by atoms with Crippen LogP contribution in [0.4, 0.5) is 0 Å². The summed E-state index contributed by atoms with van der Waals surface area (Å²) in [6, 6.07) is 5.07. The number of aromatic carboxylic acids is 1. The van der Waals surface area contributed by atoms with Crippen molar-refractivity contribution in [3.63, 3.8) is 0 Å². The molecule has 0 amide bonds.